The number of carbonyl (C=O) groups is 1. The van der Waals surface area contributed by atoms with Gasteiger partial charge in [-0.3, -0.25) is 4.79 Å². The van der Waals surface area contributed by atoms with Crippen LogP contribution in [0.25, 0.3) is 11.0 Å². The first-order valence-electron chi connectivity index (χ1n) is 4.17. The lowest BCUT2D eigenvalue weighted by atomic mass is 10.2. The number of primary amides is 1. The number of nitrogens with two attached hydrogens (primary N) is 2. The molecule has 0 saturated carbocycles. The number of nitrogens with one attached hydrogen (secondary N) is 1. The first-order chi connectivity index (χ1) is 7.13. The van der Waals surface area contributed by atoms with Crippen LogP contribution in [-0.2, 0) is 6.61 Å². The predicted molar refractivity (Wildman–Crippen MR) is 52.7 cm³/mol. The van der Waals surface area contributed by atoms with Crippen LogP contribution in [0.3, 0.4) is 0 Å². The van der Waals surface area contributed by atoms with Crippen molar-refractivity contribution in [3.63, 3.8) is 0 Å². The van der Waals surface area contributed by atoms with E-state index in [2.05, 4.69) is 15.0 Å². The van der Waals surface area contributed by atoms with Gasteiger partial charge in [0.1, 0.15) is 18.1 Å². The van der Waals surface area contributed by atoms with Crippen molar-refractivity contribution in [2.45, 2.75) is 6.61 Å². The van der Waals surface area contributed by atoms with E-state index in [1.807, 2.05) is 0 Å². The van der Waals surface area contributed by atoms with Gasteiger partial charge in [0.2, 0.25) is 0 Å². The molecule has 0 aliphatic rings. The van der Waals surface area contributed by atoms with Crippen molar-refractivity contribution in [1.82, 2.24) is 15.0 Å². The van der Waals surface area contributed by atoms with E-state index in [-0.39, 0.29) is 23.8 Å². The average molecular weight is 207 g/mol. The van der Waals surface area contributed by atoms with Crippen molar-refractivity contribution in [2.24, 2.45) is 5.73 Å². The maximum Gasteiger partial charge on any atom is 0.251 e. The number of hydrogen-bond donors (Lipinski definition) is 4. The number of fused-ring (bicyclic) bond motifs is 1. The highest BCUT2D eigenvalue weighted by Crippen LogP contribution is 2.21. The van der Waals surface area contributed by atoms with Gasteiger partial charge in [-0.15, -0.1) is 0 Å². The molecule has 0 radical (unpaired) electrons. The van der Waals surface area contributed by atoms with Crippen LogP contribution in [0.2, 0.25) is 0 Å². The smallest absolute Gasteiger partial charge is 0.251 e. The zero-order chi connectivity index (χ0) is 11.0. The van der Waals surface area contributed by atoms with Gasteiger partial charge in [0, 0.05) is 6.20 Å². The van der Waals surface area contributed by atoms with E-state index in [4.69, 9.17) is 16.6 Å². The normalized spacial score (nSPS) is 10.7. The number of carbonyl (C=O) groups excluding carboxylic acids is 1. The summed E-state index contributed by atoms with van der Waals surface area (Å²) >= 11 is 0. The van der Waals surface area contributed by atoms with Crippen LogP contribution in [0.1, 0.15) is 16.2 Å². The number of nitrogens with zero attached hydrogens (tertiary/aromatic N) is 2. The highest BCUT2D eigenvalue weighted by molar-refractivity contribution is 6.08. The van der Waals surface area contributed by atoms with Gasteiger partial charge < -0.3 is 21.6 Å². The van der Waals surface area contributed by atoms with Crippen LogP contribution in [0.15, 0.2) is 6.20 Å². The highest BCUT2D eigenvalue weighted by atomic mass is 16.3. The summed E-state index contributed by atoms with van der Waals surface area (Å²) in [5.41, 5.74) is 11.4. The standard InChI is InChI=1S/C8H9N5O2/c9-6-5-3(7(10)15)1-11-8(5)13-4(2-14)12-6/h1,14H,2H2,(H2,10,15)(H3,9,11,12,13). The van der Waals surface area contributed by atoms with Crippen LogP contribution >= 0.6 is 0 Å². The summed E-state index contributed by atoms with van der Waals surface area (Å²) in [6.45, 7) is -0.314. The molecule has 0 atom stereocenters. The van der Waals surface area contributed by atoms with Gasteiger partial charge >= 0.3 is 0 Å². The molecule has 0 aliphatic carbocycles. The largest absolute Gasteiger partial charge is 0.388 e. The van der Waals surface area contributed by atoms with Crippen molar-refractivity contribution >= 4 is 22.8 Å². The number of anilines is 1. The third-order valence-corrected chi connectivity index (χ3v) is 2.01. The molecule has 1 amide bonds. The van der Waals surface area contributed by atoms with Gasteiger partial charge in [-0.1, -0.05) is 0 Å². The number of aliphatic hydroxyl groups is 1. The van der Waals surface area contributed by atoms with E-state index < -0.39 is 5.91 Å². The van der Waals surface area contributed by atoms with E-state index in [0.717, 1.165) is 0 Å². The topological polar surface area (TPSA) is 131 Å². The highest BCUT2D eigenvalue weighted by Gasteiger charge is 2.14. The van der Waals surface area contributed by atoms with Gasteiger partial charge in [-0.2, -0.15) is 0 Å². The number of hydrogen-bond acceptors (Lipinski definition) is 5. The Labute approximate surface area is 84.1 Å². The van der Waals surface area contributed by atoms with Gasteiger partial charge in [0.15, 0.2) is 5.82 Å². The molecule has 0 aliphatic heterocycles. The molecule has 0 fully saturated rings. The molecule has 2 heterocycles. The van der Waals surface area contributed by atoms with Gasteiger partial charge in [-0.25, -0.2) is 9.97 Å². The second-order valence-electron chi connectivity index (χ2n) is 2.97. The molecule has 2 aromatic rings. The molecular formula is C8H9N5O2. The molecule has 0 spiro atoms. The lowest BCUT2D eigenvalue weighted by molar-refractivity contribution is 0.100. The Hall–Kier alpha value is -2.15. The molecule has 7 nitrogen and oxygen atoms in total. The van der Waals surface area contributed by atoms with Crippen molar-refractivity contribution < 1.29 is 9.90 Å². The maximum absolute atomic E-state index is 11.0. The average Bonchev–Trinajstić information content (AvgIpc) is 2.61. The van der Waals surface area contributed by atoms with Crippen LogP contribution in [0.4, 0.5) is 5.82 Å². The Kier molecular flexibility index (Phi) is 2.01. The molecule has 0 saturated heterocycles. The van der Waals surface area contributed by atoms with Gasteiger partial charge in [-0.05, 0) is 0 Å². The quantitative estimate of drug-likeness (QED) is 0.508. The van der Waals surface area contributed by atoms with Crippen molar-refractivity contribution in [3.05, 3.63) is 17.6 Å². The number of amides is 1. The minimum absolute atomic E-state index is 0.124. The molecule has 7 heteroatoms. The number of rotatable bonds is 2. The van der Waals surface area contributed by atoms with Crippen LogP contribution in [-0.4, -0.2) is 26.0 Å². The van der Waals surface area contributed by atoms with Crippen molar-refractivity contribution in [3.8, 4) is 0 Å². The lowest BCUT2D eigenvalue weighted by Crippen LogP contribution is -2.11. The summed E-state index contributed by atoms with van der Waals surface area (Å²) in [4.78, 5) is 21.5. The molecular weight excluding hydrogens is 198 g/mol. The number of aromatic nitrogens is 3. The van der Waals surface area contributed by atoms with Gasteiger partial charge in [0.25, 0.3) is 5.91 Å². The molecule has 2 rings (SSSR count). The maximum atomic E-state index is 11.0. The van der Waals surface area contributed by atoms with E-state index in [1.165, 1.54) is 6.20 Å². The van der Waals surface area contributed by atoms with Gasteiger partial charge in [0.05, 0.1) is 10.9 Å². The van der Waals surface area contributed by atoms with Crippen LogP contribution in [0.5, 0.6) is 0 Å². The monoisotopic (exact) mass is 207 g/mol. The first-order valence-corrected chi connectivity index (χ1v) is 4.17. The number of aliphatic hydroxyl groups excluding tert-OH is 1. The molecule has 0 unspecified atom stereocenters. The third kappa shape index (κ3) is 1.38. The minimum Gasteiger partial charge on any atom is -0.388 e. The van der Waals surface area contributed by atoms with E-state index in [1.54, 1.807) is 0 Å². The Morgan fingerprint density at radius 2 is 2.27 bits per heavy atom. The van der Waals surface area contributed by atoms with Crippen LogP contribution < -0.4 is 11.5 Å². The summed E-state index contributed by atoms with van der Waals surface area (Å²) in [7, 11) is 0. The summed E-state index contributed by atoms with van der Waals surface area (Å²) < 4.78 is 0. The Bertz CT molecular complexity index is 533. The second-order valence-corrected chi connectivity index (χ2v) is 2.97. The number of H-pyrrole nitrogens is 1. The zero-order valence-electron chi connectivity index (χ0n) is 7.69. The summed E-state index contributed by atoms with van der Waals surface area (Å²) in [6.07, 6.45) is 1.42. The first kappa shape index (κ1) is 9.41. The summed E-state index contributed by atoms with van der Waals surface area (Å²) in [5.74, 6) is -0.287. The Morgan fingerprint density at radius 3 is 2.87 bits per heavy atom. The summed E-state index contributed by atoms with van der Waals surface area (Å²) in [6, 6.07) is 0. The number of aromatic amines is 1. The minimum atomic E-state index is -0.603. The fourth-order valence-corrected chi connectivity index (χ4v) is 1.37. The van der Waals surface area contributed by atoms with E-state index in [0.29, 0.717) is 11.0 Å². The Balaban J connectivity index is 2.77. The zero-order valence-corrected chi connectivity index (χ0v) is 7.69. The fourth-order valence-electron chi connectivity index (χ4n) is 1.37. The third-order valence-electron chi connectivity index (χ3n) is 2.01. The number of nitrogen functional groups attached to an aromatic ring is 1. The fraction of sp³-hybridized carbons (Fsp3) is 0.125. The molecule has 6 N–H and O–H groups in total. The molecule has 15 heavy (non-hydrogen) atoms. The van der Waals surface area contributed by atoms with Crippen LogP contribution in [0, 0.1) is 0 Å². The molecule has 0 aromatic carbocycles. The Morgan fingerprint density at radius 1 is 1.53 bits per heavy atom. The van der Waals surface area contributed by atoms with Crippen molar-refractivity contribution in [1.29, 1.82) is 0 Å². The van der Waals surface area contributed by atoms with E-state index in [9.17, 15) is 4.79 Å². The van der Waals surface area contributed by atoms with E-state index >= 15 is 0 Å². The molecule has 0 bridgehead atoms. The molecule has 2 aromatic heterocycles. The second kappa shape index (κ2) is 3.21. The summed E-state index contributed by atoms with van der Waals surface area (Å²) in [5, 5.41) is 9.24. The SMILES string of the molecule is NC(=O)c1c[nH]c2nc(CO)nc(N)c12. The lowest BCUT2D eigenvalue weighted by Gasteiger charge is -2.00. The predicted octanol–water partition coefficient (Wildman–Crippen LogP) is -0.869. The van der Waals surface area contributed by atoms with Crippen molar-refractivity contribution in [2.75, 3.05) is 5.73 Å². The molecule has 78 valence electrons.